The van der Waals surface area contributed by atoms with Gasteiger partial charge in [-0.25, -0.2) is 22.5 Å². The number of benzene rings is 1. The molecule has 0 saturated heterocycles. The minimum absolute atomic E-state index is 0.0268. The van der Waals surface area contributed by atoms with Crippen molar-refractivity contribution in [3.05, 3.63) is 59.9 Å². The molecule has 0 unspecified atom stereocenters. The maximum atomic E-state index is 12.3. The quantitative estimate of drug-likeness (QED) is 0.778. The maximum absolute atomic E-state index is 12.3. The number of sulfonamides is 1. The van der Waals surface area contributed by atoms with Gasteiger partial charge >= 0.3 is 5.97 Å². The van der Waals surface area contributed by atoms with Crippen molar-refractivity contribution in [3.8, 4) is 0 Å². The number of pyridine rings is 1. The van der Waals surface area contributed by atoms with Crippen LogP contribution in [0.1, 0.15) is 20.8 Å². The van der Waals surface area contributed by atoms with Crippen LogP contribution in [0, 0.1) is 0 Å². The molecule has 1 aliphatic rings. The van der Waals surface area contributed by atoms with Crippen LogP contribution in [0.5, 0.6) is 0 Å². The summed E-state index contributed by atoms with van der Waals surface area (Å²) in [5.74, 6) is -1.29. The van der Waals surface area contributed by atoms with Crippen LogP contribution in [0.15, 0.2) is 53.6 Å². The molecular weight excluding hydrogens is 320 g/mol. The summed E-state index contributed by atoms with van der Waals surface area (Å²) in [6.07, 6.45) is 1.45. The SMILES string of the molecule is O=C(OCCN1C(=O)c2ccccc2S1(=O)=O)c1ccccn1. The Bertz CT molecular complexity index is 864. The summed E-state index contributed by atoms with van der Waals surface area (Å²) in [6, 6.07) is 10.7. The van der Waals surface area contributed by atoms with E-state index in [1.807, 2.05) is 0 Å². The number of carbonyl (C=O) groups excluding carboxylic acids is 2. The van der Waals surface area contributed by atoms with Crippen LogP contribution in [-0.4, -0.2) is 42.7 Å². The maximum Gasteiger partial charge on any atom is 0.356 e. The highest BCUT2D eigenvalue weighted by molar-refractivity contribution is 7.90. The Labute approximate surface area is 132 Å². The third-order valence-electron chi connectivity index (χ3n) is 3.31. The lowest BCUT2D eigenvalue weighted by atomic mass is 10.2. The van der Waals surface area contributed by atoms with Gasteiger partial charge in [-0.3, -0.25) is 4.79 Å². The molecule has 0 bridgehead atoms. The summed E-state index contributed by atoms with van der Waals surface area (Å²) in [4.78, 5) is 27.7. The molecule has 0 fully saturated rings. The predicted octanol–water partition coefficient (Wildman–Crippen LogP) is 1.08. The number of carbonyl (C=O) groups is 2. The lowest BCUT2D eigenvalue weighted by Gasteiger charge is -2.14. The van der Waals surface area contributed by atoms with Gasteiger partial charge in [0.25, 0.3) is 15.9 Å². The number of fused-ring (bicyclic) bond motifs is 1. The smallest absolute Gasteiger partial charge is 0.356 e. The molecular formula is C15H12N2O5S. The summed E-state index contributed by atoms with van der Waals surface area (Å²) in [5, 5.41) is 0. The highest BCUT2D eigenvalue weighted by atomic mass is 32.2. The van der Waals surface area contributed by atoms with E-state index in [-0.39, 0.29) is 29.3 Å². The summed E-state index contributed by atoms with van der Waals surface area (Å²) in [7, 11) is -3.88. The first-order chi connectivity index (χ1) is 11.0. The van der Waals surface area contributed by atoms with Gasteiger partial charge in [-0.1, -0.05) is 18.2 Å². The number of aromatic nitrogens is 1. The molecule has 118 valence electrons. The standard InChI is InChI=1S/C15H12N2O5S/c18-14-11-5-1-2-7-13(11)23(20,21)17(14)9-10-22-15(19)12-6-3-4-8-16-12/h1-8H,9-10H2. The van der Waals surface area contributed by atoms with E-state index in [4.69, 9.17) is 4.74 Å². The van der Waals surface area contributed by atoms with E-state index in [0.29, 0.717) is 4.31 Å². The van der Waals surface area contributed by atoms with Crippen LogP contribution in [0.2, 0.25) is 0 Å². The Kier molecular flexibility index (Phi) is 3.83. The van der Waals surface area contributed by atoms with Gasteiger partial charge in [0, 0.05) is 6.20 Å². The molecule has 23 heavy (non-hydrogen) atoms. The van der Waals surface area contributed by atoms with Crippen molar-refractivity contribution < 1.29 is 22.7 Å². The van der Waals surface area contributed by atoms with Gasteiger partial charge in [0.2, 0.25) is 0 Å². The van der Waals surface area contributed by atoms with Gasteiger partial charge in [-0.15, -0.1) is 0 Å². The summed E-state index contributed by atoms with van der Waals surface area (Å²) < 4.78 is 30.3. The van der Waals surface area contributed by atoms with Gasteiger partial charge in [-0.05, 0) is 24.3 Å². The lowest BCUT2D eigenvalue weighted by molar-refractivity contribution is 0.0471. The monoisotopic (exact) mass is 332 g/mol. The third kappa shape index (κ3) is 2.68. The topological polar surface area (TPSA) is 93.6 Å². The number of amides is 1. The molecule has 1 aromatic carbocycles. The fraction of sp³-hybridized carbons (Fsp3) is 0.133. The highest BCUT2D eigenvalue weighted by Gasteiger charge is 2.40. The third-order valence-corrected chi connectivity index (χ3v) is 5.15. The van der Waals surface area contributed by atoms with Crippen LogP contribution in [0.3, 0.4) is 0 Å². The number of hydrogen-bond acceptors (Lipinski definition) is 6. The van der Waals surface area contributed by atoms with E-state index in [0.717, 1.165) is 0 Å². The first kappa shape index (κ1) is 15.2. The van der Waals surface area contributed by atoms with Crippen molar-refractivity contribution in [2.75, 3.05) is 13.2 Å². The molecule has 1 aromatic heterocycles. The first-order valence-corrected chi connectivity index (χ1v) is 8.20. The fourth-order valence-electron chi connectivity index (χ4n) is 2.23. The molecule has 7 nitrogen and oxygen atoms in total. The van der Waals surface area contributed by atoms with Gasteiger partial charge < -0.3 is 4.74 Å². The molecule has 1 aliphatic heterocycles. The van der Waals surface area contributed by atoms with Crippen molar-refractivity contribution in [2.45, 2.75) is 4.90 Å². The second kappa shape index (κ2) is 5.81. The molecule has 3 rings (SSSR count). The Morgan fingerprint density at radius 1 is 1.13 bits per heavy atom. The fourth-order valence-corrected chi connectivity index (χ4v) is 3.78. The van der Waals surface area contributed by atoms with Gasteiger partial charge in [0.05, 0.1) is 12.1 Å². The largest absolute Gasteiger partial charge is 0.459 e. The van der Waals surface area contributed by atoms with Crippen LogP contribution in [0.4, 0.5) is 0 Å². The molecule has 2 heterocycles. The molecule has 1 amide bonds. The number of rotatable bonds is 4. The zero-order valence-electron chi connectivity index (χ0n) is 11.9. The summed E-state index contributed by atoms with van der Waals surface area (Å²) >= 11 is 0. The Balaban J connectivity index is 1.68. The van der Waals surface area contributed by atoms with Crippen molar-refractivity contribution in [1.82, 2.24) is 9.29 Å². The van der Waals surface area contributed by atoms with E-state index < -0.39 is 21.9 Å². The Morgan fingerprint density at radius 2 is 1.87 bits per heavy atom. The van der Waals surface area contributed by atoms with E-state index >= 15 is 0 Å². The van der Waals surface area contributed by atoms with E-state index in [9.17, 15) is 18.0 Å². The summed E-state index contributed by atoms with van der Waals surface area (Å²) in [6.45, 7) is -0.483. The highest BCUT2D eigenvalue weighted by Crippen LogP contribution is 2.29. The van der Waals surface area contributed by atoms with Crippen molar-refractivity contribution in [1.29, 1.82) is 0 Å². The average Bonchev–Trinajstić information content (AvgIpc) is 2.76. The first-order valence-electron chi connectivity index (χ1n) is 6.76. The molecule has 2 aromatic rings. The number of esters is 1. The molecule has 0 saturated carbocycles. The normalized spacial score (nSPS) is 15.3. The molecule has 0 aliphatic carbocycles. The molecule has 0 atom stereocenters. The Hall–Kier alpha value is -2.74. The van der Waals surface area contributed by atoms with Crippen LogP contribution in [-0.2, 0) is 14.8 Å². The number of hydrogen-bond donors (Lipinski definition) is 0. The van der Waals surface area contributed by atoms with Crippen LogP contribution >= 0.6 is 0 Å². The van der Waals surface area contributed by atoms with Crippen molar-refractivity contribution in [3.63, 3.8) is 0 Å². The minimum Gasteiger partial charge on any atom is -0.459 e. The molecule has 0 spiro atoms. The minimum atomic E-state index is -3.88. The van der Waals surface area contributed by atoms with Crippen molar-refractivity contribution in [2.24, 2.45) is 0 Å². The van der Waals surface area contributed by atoms with E-state index in [1.54, 1.807) is 24.3 Å². The second-order valence-corrected chi connectivity index (χ2v) is 6.56. The number of nitrogens with zero attached hydrogens (tertiary/aromatic N) is 2. The second-order valence-electron chi connectivity index (χ2n) is 4.73. The Morgan fingerprint density at radius 3 is 2.57 bits per heavy atom. The summed E-state index contributed by atoms with van der Waals surface area (Å²) in [5.41, 5.74) is 0.245. The zero-order chi connectivity index (χ0) is 16.4. The van der Waals surface area contributed by atoms with Gasteiger partial charge in [0.1, 0.15) is 17.2 Å². The molecule has 0 N–H and O–H groups in total. The molecule has 0 radical (unpaired) electrons. The zero-order valence-corrected chi connectivity index (χ0v) is 12.7. The van der Waals surface area contributed by atoms with Crippen LogP contribution < -0.4 is 0 Å². The van der Waals surface area contributed by atoms with Crippen molar-refractivity contribution >= 4 is 21.9 Å². The van der Waals surface area contributed by atoms with Gasteiger partial charge in [0.15, 0.2) is 0 Å². The molecule has 8 heteroatoms. The predicted molar refractivity (Wildman–Crippen MR) is 79.2 cm³/mol. The average molecular weight is 332 g/mol. The number of ether oxygens (including phenoxy) is 1. The van der Waals surface area contributed by atoms with E-state index in [1.165, 1.54) is 24.4 Å². The van der Waals surface area contributed by atoms with Crippen LogP contribution in [0.25, 0.3) is 0 Å². The van der Waals surface area contributed by atoms with Gasteiger partial charge in [-0.2, -0.15) is 0 Å². The lowest BCUT2D eigenvalue weighted by Crippen LogP contribution is -2.33. The van der Waals surface area contributed by atoms with E-state index in [2.05, 4.69) is 4.98 Å².